The minimum absolute atomic E-state index is 0.0288. The van der Waals surface area contributed by atoms with Gasteiger partial charge in [-0.25, -0.2) is 4.98 Å². The van der Waals surface area contributed by atoms with Crippen molar-refractivity contribution in [3.8, 4) is 5.75 Å². The Hall–Kier alpha value is -2.76. The third-order valence-electron chi connectivity index (χ3n) is 4.90. The number of nitrogens with zero attached hydrogens (tertiary/aromatic N) is 3. The zero-order valence-corrected chi connectivity index (χ0v) is 17.1. The highest BCUT2D eigenvalue weighted by Gasteiger charge is 2.13. The lowest BCUT2D eigenvalue weighted by molar-refractivity contribution is 0.222. The van der Waals surface area contributed by atoms with Crippen LogP contribution in [0.2, 0.25) is 0 Å². The number of hydrogen-bond acceptors (Lipinski definition) is 4. The number of para-hydroxylation sites is 1. The molecule has 3 rings (SSSR count). The Labute approximate surface area is 168 Å². The molecule has 0 amide bonds. The van der Waals surface area contributed by atoms with Gasteiger partial charge < -0.3 is 20.3 Å². The second kappa shape index (κ2) is 9.97. The third-order valence-corrected chi connectivity index (χ3v) is 4.90. The molecule has 0 aliphatic carbocycles. The fourth-order valence-electron chi connectivity index (χ4n) is 3.25. The number of aromatic nitrogens is 1. The molecule has 6 heteroatoms. The third kappa shape index (κ3) is 5.62. The lowest BCUT2D eigenvalue weighted by atomic mass is 10.2. The molecule has 0 bridgehead atoms. The molecule has 0 spiro atoms. The van der Waals surface area contributed by atoms with Crippen LogP contribution in [-0.4, -0.2) is 43.7 Å². The fraction of sp³-hybridized carbons (Fsp3) is 0.455. The topological polar surface area (TPSA) is 61.8 Å². The first-order chi connectivity index (χ1) is 13.7. The molecule has 1 aromatic carbocycles. The molecule has 1 unspecified atom stereocenters. The van der Waals surface area contributed by atoms with Crippen LogP contribution in [0, 0.1) is 6.92 Å². The molecule has 1 aliphatic heterocycles. The Bertz CT molecular complexity index is 769. The van der Waals surface area contributed by atoms with E-state index in [0.717, 1.165) is 41.7 Å². The summed E-state index contributed by atoms with van der Waals surface area (Å²) in [5.74, 6) is 2.75. The van der Waals surface area contributed by atoms with E-state index in [1.165, 1.54) is 12.8 Å². The SMILES string of the molecule is CN=C(NCc1ccc(N2CCCC2)nc1)NCC(C)Oc1ccccc1C. The van der Waals surface area contributed by atoms with Gasteiger partial charge in [0.25, 0.3) is 0 Å². The predicted octanol–water partition coefficient (Wildman–Crippen LogP) is 3.12. The molecular weight excluding hydrogens is 350 g/mol. The summed E-state index contributed by atoms with van der Waals surface area (Å²) in [4.78, 5) is 11.2. The summed E-state index contributed by atoms with van der Waals surface area (Å²) < 4.78 is 6.00. The van der Waals surface area contributed by atoms with Crippen molar-refractivity contribution in [2.75, 3.05) is 31.6 Å². The number of aliphatic imine (C=N–C) groups is 1. The molecule has 150 valence electrons. The minimum atomic E-state index is 0.0288. The summed E-state index contributed by atoms with van der Waals surface area (Å²) in [6.07, 6.45) is 4.50. The van der Waals surface area contributed by atoms with Crippen molar-refractivity contribution in [1.82, 2.24) is 15.6 Å². The highest BCUT2D eigenvalue weighted by atomic mass is 16.5. The van der Waals surface area contributed by atoms with Crippen LogP contribution in [0.1, 0.15) is 30.9 Å². The molecular formula is C22H31N5O. The smallest absolute Gasteiger partial charge is 0.191 e. The maximum atomic E-state index is 6.00. The number of anilines is 1. The van der Waals surface area contributed by atoms with Crippen molar-refractivity contribution < 1.29 is 4.74 Å². The molecule has 28 heavy (non-hydrogen) atoms. The molecule has 2 aromatic rings. The van der Waals surface area contributed by atoms with Crippen molar-refractivity contribution >= 4 is 11.8 Å². The van der Waals surface area contributed by atoms with Gasteiger partial charge >= 0.3 is 0 Å². The van der Waals surface area contributed by atoms with E-state index >= 15 is 0 Å². The van der Waals surface area contributed by atoms with Crippen LogP contribution >= 0.6 is 0 Å². The van der Waals surface area contributed by atoms with E-state index in [1.807, 2.05) is 31.3 Å². The highest BCUT2D eigenvalue weighted by molar-refractivity contribution is 5.79. The van der Waals surface area contributed by atoms with Crippen molar-refractivity contribution in [2.24, 2.45) is 4.99 Å². The summed E-state index contributed by atoms with van der Waals surface area (Å²) in [5.41, 5.74) is 2.27. The Balaban J connectivity index is 1.43. The minimum Gasteiger partial charge on any atom is -0.489 e. The van der Waals surface area contributed by atoms with Crippen LogP contribution in [0.15, 0.2) is 47.6 Å². The second-order valence-electron chi connectivity index (χ2n) is 7.22. The number of pyridine rings is 1. The molecule has 2 heterocycles. The van der Waals surface area contributed by atoms with Crippen molar-refractivity contribution in [2.45, 2.75) is 39.3 Å². The molecule has 1 aromatic heterocycles. The molecule has 1 fully saturated rings. The summed E-state index contributed by atoms with van der Waals surface area (Å²) in [6.45, 7) is 7.68. The van der Waals surface area contributed by atoms with Gasteiger partial charge in [-0.2, -0.15) is 0 Å². The average Bonchev–Trinajstić information content (AvgIpc) is 3.25. The molecule has 6 nitrogen and oxygen atoms in total. The Kier molecular flexibility index (Phi) is 7.12. The molecule has 0 radical (unpaired) electrons. The zero-order chi connectivity index (χ0) is 19.8. The Morgan fingerprint density at radius 2 is 1.96 bits per heavy atom. The summed E-state index contributed by atoms with van der Waals surface area (Å²) in [7, 11) is 1.77. The predicted molar refractivity (Wildman–Crippen MR) is 115 cm³/mol. The molecule has 2 N–H and O–H groups in total. The standard InChI is InChI=1S/C22H31N5O/c1-17-8-4-5-9-20(17)28-18(2)14-25-22(23-3)26-16-19-10-11-21(24-15-19)27-12-6-7-13-27/h4-5,8-11,15,18H,6-7,12-14,16H2,1-3H3,(H2,23,25,26). The van der Waals surface area contributed by atoms with E-state index in [2.05, 4.69) is 50.6 Å². The summed E-state index contributed by atoms with van der Waals surface area (Å²) >= 11 is 0. The van der Waals surface area contributed by atoms with Crippen LogP contribution in [-0.2, 0) is 6.54 Å². The summed E-state index contributed by atoms with van der Waals surface area (Å²) in [5, 5.41) is 6.66. The van der Waals surface area contributed by atoms with E-state index in [9.17, 15) is 0 Å². The maximum absolute atomic E-state index is 6.00. The number of ether oxygens (including phenoxy) is 1. The average molecular weight is 382 g/mol. The maximum Gasteiger partial charge on any atom is 0.191 e. The van der Waals surface area contributed by atoms with Gasteiger partial charge in [-0.05, 0) is 49.9 Å². The van der Waals surface area contributed by atoms with Gasteiger partial charge in [0, 0.05) is 32.9 Å². The lowest BCUT2D eigenvalue weighted by Gasteiger charge is -2.19. The monoisotopic (exact) mass is 381 g/mol. The zero-order valence-electron chi connectivity index (χ0n) is 17.1. The number of aryl methyl sites for hydroxylation is 1. The molecule has 0 saturated carbocycles. The first-order valence-corrected chi connectivity index (χ1v) is 10.0. The van der Waals surface area contributed by atoms with Crippen LogP contribution in [0.25, 0.3) is 0 Å². The number of hydrogen-bond donors (Lipinski definition) is 2. The molecule has 1 atom stereocenters. The van der Waals surface area contributed by atoms with Crippen molar-refractivity contribution in [3.05, 3.63) is 53.7 Å². The van der Waals surface area contributed by atoms with Gasteiger partial charge in [-0.1, -0.05) is 24.3 Å². The van der Waals surface area contributed by atoms with Gasteiger partial charge in [0.15, 0.2) is 5.96 Å². The first kappa shape index (κ1) is 20.0. The van der Waals surface area contributed by atoms with Gasteiger partial charge in [0.05, 0.1) is 6.54 Å². The Morgan fingerprint density at radius 3 is 2.64 bits per heavy atom. The first-order valence-electron chi connectivity index (χ1n) is 10.0. The second-order valence-corrected chi connectivity index (χ2v) is 7.22. The quantitative estimate of drug-likeness (QED) is 0.570. The highest BCUT2D eigenvalue weighted by Crippen LogP contribution is 2.18. The van der Waals surface area contributed by atoms with Crippen LogP contribution in [0.3, 0.4) is 0 Å². The Morgan fingerprint density at radius 1 is 1.18 bits per heavy atom. The normalized spacial score (nSPS) is 15.4. The van der Waals surface area contributed by atoms with Gasteiger partial charge in [0.1, 0.15) is 17.7 Å². The van der Waals surface area contributed by atoms with E-state index in [4.69, 9.17) is 4.74 Å². The number of nitrogens with one attached hydrogen (secondary N) is 2. The molecule has 1 aliphatic rings. The van der Waals surface area contributed by atoms with Crippen LogP contribution in [0.5, 0.6) is 5.75 Å². The number of rotatable bonds is 7. The van der Waals surface area contributed by atoms with Gasteiger partial charge in [-0.3, -0.25) is 4.99 Å². The van der Waals surface area contributed by atoms with E-state index in [0.29, 0.717) is 13.1 Å². The molecule has 1 saturated heterocycles. The van der Waals surface area contributed by atoms with Gasteiger partial charge in [0.2, 0.25) is 0 Å². The fourth-order valence-corrected chi connectivity index (χ4v) is 3.25. The van der Waals surface area contributed by atoms with Crippen molar-refractivity contribution in [3.63, 3.8) is 0 Å². The van der Waals surface area contributed by atoms with Crippen LogP contribution < -0.4 is 20.3 Å². The van der Waals surface area contributed by atoms with Gasteiger partial charge in [-0.15, -0.1) is 0 Å². The lowest BCUT2D eigenvalue weighted by Crippen LogP contribution is -2.41. The number of benzene rings is 1. The van der Waals surface area contributed by atoms with E-state index < -0.39 is 0 Å². The summed E-state index contributed by atoms with van der Waals surface area (Å²) in [6, 6.07) is 12.3. The number of guanidine groups is 1. The largest absolute Gasteiger partial charge is 0.489 e. The van der Waals surface area contributed by atoms with E-state index in [-0.39, 0.29) is 6.10 Å². The van der Waals surface area contributed by atoms with Crippen LogP contribution in [0.4, 0.5) is 5.82 Å². The van der Waals surface area contributed by atoms with Crippen molar-refractivity contribution in [1.29, 1.82) is 0 Å². The van der Waals surface area contributed by atoms with E-state index in [1.54, 1.807) is 7.05 Å².